The van der Waals surface area contributed by atoms with Crippen molar-refractivity contribution in [2.24, 2.45) is 0 Å². The van der Waals surface area contributed by atoms with E-state index in [-0.39, 0.29) is 23.4 Å². The maximum Gasteiger partial charge on any atom is 0.192 e. The number of ether oxygens (including phenoxy) is 2. The second kappa shape index (κ2) is 7.66. The molecule has 1 aliphatic rings. The number of aliphatic hydroxyl groups is 1. The molecule has 1 aliphatic heterocycles. The molecule has 2 rings (SSSR count). The van der Waals surface area contributed by atoms with E-state index in [0.29, 0.717) is 13.2 Å². The van der Waals surface area contributed by atoms with Gasteiger partial charge < -0.3 is 19.0 Å². The second-order valence-corrected chi connectivity index (χ2v) is 13.0. The van der Waals surface area contributed by atoms with Gasteiger partial charge in [-0.05, 0) is 30.6 Å². The minimum atomic E-state index is -1.85. The lowest BCUT2D eigenvalue weighted by atomic mass is 10.1. The summed E-state index contributed by atoms with van der Waals surface area (Å²) >= 11 is 0. The van der Waals surface area contributed by atoms with Gasteiger partial charge in [0.25, 0.3) is 0 Å². The first-order valence-electron chi connectivity index (χ1n) is 8.75. The topological polar surface area (TPSA) is 47.9 Å². The third-order valence-electron chi connectivity index (χ3n) is 5.27. The first-order valence-corrected chi connectivity index (χ1v) is 11.7. The lowest BCUT2D eigenvalue weighted by molar-refractivity contribution is -0.0414. The van der Waals surface area contributed by atoms with Gasteiger partial charge in [-0.1, -0.05) is 51.1 Å². The molecule has 0 amide bonds. The third kappa shape index (κ3) is 4.67. The molecule has 5 heteroatoms. The van der Waals surface area contributed by atoms with Crippen LogP contribution in [0.25, 0.3) is 0 Å². The van der Waals surface area contributed by atoms with Crippen LogP contribution in [0.1, 0.15) is 33.3 Å². The summed E-state index contributed by atoms with van der Waals surface area (Å²) in [7, 11) is -1.85. The molecule has 4 nitrogen and oxygen atoms in total. The van der Waals surface area contributed by atoms with Gasteiger partial charge in [-0.3, -0.25) is 0 Å². The van der Waals surface area contributed by atoms with Crippen LogP contribution < -0.4 is 0 Å². The Hall–Kier alpha value is -0.723. The second-order valence-electron chi connectivity index (χ2n) is 8.20. The van der Waals surface area contributed by atoms with Crippen molar-refractivity contribution < 1.29 is 19.0 Å². The molecule has 136 valence electrons. The highest BCUT2D eigenvalue weighted by molar-refractivity contribution is 6.74. The summed E-state index contributed by atoms with van der Waals surface area (Å²) in [5.74, 6) is 0. The maximum absolute atomic E-state index is 10.6. The summed E-state index contributed by atoms with van der Waals surface area (Å²) in [6.07, 6.45) is -1.45. The minimum absolute atomic E-state index is 0.142. The third-order valence-corrected chi connectivity index (χ3v) is 9.77. The SMILES string of the molecule is C[C@H]1O[C@@H](CO[Si](C)(C)C(C)(C)C)[C@H](O)[C@H]1OCc1ccccc1. The summed E-state index contributed by atoms with van der Waals surface area (Å²) in [6, 6.07) is 9.99. The van der Waals surface area contributed by atoms with Crippen molar-refractivity contribution in [3.05, 3.63) is 35.9 Å². The van der Waals surface area contributed by atoms with Gasteiger partial charge in [-0.2, -0.15) is 0 Å². The maximum atomic E-state index is 10.6. The van der Waals surface area contributed by atoms with Crippen LogP contribution in [0.3, 0.4) is 0 Å². The normalized spacial score (nSPS) is 28.3. The van der Waals surface area contributed by atoms with E-state index in [2.05, 4.69) is 33.9 Å². The molecule has 0 saturated carbocycles. The highest BCUT2D eigenvalue weighted by Gasteiger charge is 2.44. The first kappa shape index (κ1) is 19.6. The van der Waals surface area contributed by atoms with E-state index in [1.165, 1.54) is 0 Å². The molecule has 1 aromatic carbocycles. The van der Waals surface area contributed by atoms with Gasteiger partial charge in [0.1, 0.15) is 18.3 Å². The largest absolute Gasteiger partial charge is 0.414 e. The molecule has 0 radical (unpaired) electrons. The van der Waals surface area contributed by atoms with Crippen LogP contribution in [0.2, 0.25) is 18.1 Å². The van der Waals surface area contributed by atoms with Crippen molar-refractivity contribution in [2.45, 2.75) is 76.8 Å². The Kier molecular flexibility index (Phi) is 6.26. The van der Waals surface area contributed by atoms with Gasteiger partial charge in [-0.25, -0.2) is 0 Å². The summed E-state index contributed by atoms with van der Waals surface area (Å²) in [4.78, 5) is 0. The Morgan fingerprint density at radius 1 is 1.17 bits per heavy atom. The zero-order valence-electron chi connectivity index (χ0n) is 15.8. The van der Waals surface area contributed by atoms with Crippen molar-refractivity contribution in [3.8, 4) is 0 Å². The molecule has 0 bridgehead atoms. The number of hydrogen-bond acceptors (Lipinski definition) is 4. The molecule has 1 saturated heterocycles. The van der Waals surface area contributed by atoms with E-state index in [1.54, 1.807) is 0 Å². The molecule has 1 heterocycles. The van der Waals surface area contributed by atoms with E-state index in [4.69, 9.17) is 13.9 Å². The summed E-state index contributed by atoms with van der Waals surface area (Å²) in [6.45, 7) is 13.9. The van der Waals surface area contributed by atoms with Gasteiger partial charge >= 0.3 is 0 Å². The number of aliphatic hydroxyl groups excluding tert-OH is 1. The van der Waals surface area contributed by atoms with E-state index in [1.807, 2.05) is 37.3 Å². The average molecular weight is 353 g/mol. The number of benzene rings is 1. The lowest BCUT2D eigenvalue weighted by Crippen LogP contribution is -2.44. The molecule has 0 spiro atoms. The zero-order valence-corrected chi connectivity index (χ0v) is 16.8. The van der Waals surface area contributed by atoms with Gasteiger partial charge in [0.05, 0.1) is 19.3 Å². The smallest absolute Gasteiger partial charge is 0.192 e. The molecular weight excluding hydrogens is 320 g/mol. The van der Waals surface area contributed by atoms with Gasteiger partial charge in [0.2, 0.25) is 0 Å². The quantitative estimate of drug-likeness (QED) is 0.792. The van der Waals surface area contributed by atoms with Gasteiger partial charge in [0.15, 0.2) is 8.32 Å². The first-order chi connectivity index (χ1) is 11.1. The summed E-state index contributed by atoms with van der Waals surface area (Å²) in [5, 5.41) is 10.7. The zero-order chi connectivity index (χ0) is 18.0. The van der Waals surface area contributed by atoms with Crippen LogP contribution in [-0.4, -0.2) is 44.4 Å². The predicted octanol–water partition coefficient (Wildman–Crippen LogP) is 3.74. The molecule has 0 aromatic heterocycles. The Bertz CT molecular complexity index is 512. The lowest BCUT2D eigenvalue weighted by Gasteiger charge is -2.37. The molecular formula is C19H32O4Si. The van der Waals surface area contributed by atoms with E-state index >= 15 is 0 Å². The Morgan fingerprint density at radius 2 is 1.79 bits per heavy atom. The van der Waals surface area contributed by atoms with Crippen molar-refractivity contribution in [2.75, 3.05) is 6.61 Å². The van der Waals surface area contributed by atoms with Crippen molar-refractivity contribution in [1.82, 2.24) is 0 Å². The molecule has 24 heavy (non-hydrogen) atoms. The van der Waals surface area contributed by atoms with E-state index in [0.717, 1.165) is 5.56 Å². The van der Waals surface area contributed by atoms with Gasteiger partial charge in [0, 0.05) is 0 Å². The molecule has 0 aliphatic carbocycles. The molecule has 1 N–H and O–H groups in total. The predicted molar refractivity (Wildman–Crippen MR) is 98.5 cm³/mol. The van der Waals surface area contributed by atoms with Crippen LogP contribution >= 0.6 is 0 Å². The van der Waals surface area contributed by atoms with E-state index < -0.39 is 14.4 Å². The van der Waals surface area contributed by atoms with Crippen LogP contribution in [-0.2, 0) is 20.5 Å². The molecule has 0 unspecified atom stereocenters. The highest BCUT2D eigenvalue weighted by atomic mass is 28.4. The minimum Gasteiger partial charge on any atom is -0.414 e. The fourth-order valence-electron chi connectivity index (χ4n) is 2.57. The molecule has 4 atom stereocenters. The van der Waals surface area contributed by atoms with Crippen LogP contribution in [0.15, 0.2) is 30.3 Å². The fourth-order valence-corrected chi connectivity index (χ4v) is 3.58. The highest BCUT2D eigenvalue weighted by Crippen LogP contribution is 2.37. The number of rotatable bonds is 6. The van der Waals surface area contributed by atoms with Crippen molar-refractivity contribution >= 4 is 8.32 Å². The fraction of sp³-hybridized carbons (Fsp3) is 0.684. The summed E-state index contributed by atoms with van der Waals surface area (Å²) < 4.78 is 18.0. The van der Waals surface area contributed by atoms with Crippen LogP contribution in [0, 0.1) is 0 Å². The average Bonchev–Trinajstić information content (AvgIpc) is 2.77. The summed E-state index contributed by atoms with van der Waals surface area (Å²) in [5.41, 5.74) is 1.10. The van der Waals surface area contributed by atoms with Crippen LogP contribution in [0.5, 0.6) is 0 Å². The Morgan fingerprint density at radius 3 is 2.38 bits per heavy atom. The molecule has 1 aromatic rings. The number of hydrogen-bond donors (Lipinski definition) is 1. The Balaban J connectivity index is 1.89. The molecule has 1 fully saturated rings. The van der Waals surface area contributed by atoms with Crippen molar-refractivity contribution in [3.63, 3.8) is 0 Å². The standard InChI is InChI=1S/C19H32O4Si/c1-14-18(21-12-15-10-8-7-9-11-15)17(20)16(23-14)13-22-24(5,6)19(2,3)4/h7-11,14,16-18,20H,12-13H2,1-6H3/t14-,16+,17+,18+/m1/s1. The van der Waals surface area contributed by atoms with Gasteiger partial charge in [-0.15, -0.1) is 0 Å². The van der Waals surface area contributed by atoms with Crippen molar-refractivity contribution in [1.29, 1.82) is 0 Å². The van der Waals surface area contributed by atoms with Crippen LogP contribution in [0.4, 0.5) is 0 Å². The van der Waals surface area contributed by atoms with E-state index in [9.17, 15) is 5.11 Å². The monoisotopic (exact) mass is 352 g/mol. The Labute approximate surface area is 147 Å².